The molecule has 1 aromatic heterocycles. The summed E-state index contributed by atoms with van der Waals surface area (Å²) in [5.74, 6) is 0. The van der Waals surface area contributed by atoms with Gasteiger partial charge in [0.2, 0.25) is 0 Å². The van der Waals surface area contributed by atoms with Crippen LogP contribution in [0.15, 0.2) is 33.3 Å². The monoisotopic (exact) mass is 385 g/mol. The summed E-state index contributed by atoms with van der Waals surface area (Å²) >= 11 is 7.06. The number of benzene rings is 1. The molecule has 19 heavy (non-hydrogen) atoms. The van der Waals surface area contributed by atoms with Gasteiger partial charge >= 0.3 is 0 Å². The first-order valence-electron chi connectivity index (χ1n) is 6.27. The Morgan fingerprint density at radius 3 is 2.79 bits per heavy atom. The molecule has 1 unspecified atom stereocenters. The van der Waals surface area contributed by atoms with Crippen LogP contribution in [0.1, 0.15) is 36.2 Å². The van der Waals surface area contributed by atoms with Gasteiger partial charge in [0.05, 0.1) is 22.4 Å². The van der Waals surface area contributed by atoms with Gasteiger partial charge < -0.3 is 5.73 Å². The standard InChI is InChI=1S/C14H17Br2N3/c1-3-6-19-14(12(16)8-18-19)13(17)11-7-10(15)5-4-9(11)2/h4-5,7-8,13H,3,6,17H2,1-2H3. The number of rotatable bonds is 4. The minimum absolute atomic E-state index is 0.180. The Balaban J connectivity index is 2.46. The topological polar surface area (TPSA) is 43.8 Å². The van der Waals surface area contributed by atoms with E-state index in [0.29, 0.717) is 0 Å². The van der Waals surface area contributed by atoms with Crippen LogP contribution in [0.4, 0.5) is 0 Å². The lowest BCUT2D eigenvalue weighted by molar-refractivity contribution is 0.558. The normalized spacial score (nSPS) is 12.7. The zero-order valence-electron chi connectivity index (χ0n) is 11.0. The van der Waals surface area contributed by atoms with Gasteiger partial charge in [0, 0.05) is 11.0 Å². The third-order valence-corrected chi connectivity index (χ3v) is 4.24. The number of nitrogens with two attached hydrogens (primary N) is 1. The van der Waals surface area contributed by atoms with Crippen molar-refractivity contribution in [1.82, 2.24) is 9.78 Å². The third kappa shape index (κ3) is 3.09. The highest BCUT2D eigenvalue weighted by molar-refractivity contribution is 9.10. The lowest BCUT2D eigenvalue weighted by atomic mass is 9.99. The summed E-state index contributed by atoms with van der Waals surface area (Å²) in [6.45, 7) is 5.09. The molecule has 2 rings (SSSR count). The zero-order valence-corrected chi connectivity index (χ0v) is 14.2. The number of aryl methyl sites for hydroxylation is 2. The fraction of sp³-hybridized carbons (Fsp3) is 0.357. The van der Waals surface area contributed by atoms with Gasteiger partial charge in [0.25, 0.3) is 0 Å². The van der Waals surface area contributed by atoms with Crippen molar-refractivity contribution in [2.45, 2.75) is 32.9 Å². The van der Waals surface area contributed by atoms with Crippen molar-refractivity contribution < 1.29 is 0 Å². The van der Waals surface area contributed by atoms with E-state index >= 15 is 0 Å². The van der Waals surface area contributed by atoms with Crippen molar-refractivity contribution >= 4 is 31.9 Å². The first-order chi connectivity index (χ1) is 9.04. The largest absolute Gasteiger partial charge is 0.319 e. The molecule has 0 aliphatic rings. The maximum absolute atomic E-state index is 6.45. The Hall–Kier alpha value is -0.650. The van der Waals surface area contributed by atoms with Gasteiger partial charge in [0.1, 0.15) is 0 Å². The molecule has 5 heteroatoms. The van der Waals surface area contributed by atoms with Crippen molar-refractivity contribution in [2.75, 3.05) is 0 Å². The molecular formula is C14H17Br2N3. The van der Waals surface area contributed by atoms with Crippen molar-refractivity contribution in [3.8, 4) is 0 Å². The third-order valence-electron chi connectivity index (χ3n) is 3.14. The predicted molar refractivity (Wildman–Crippen MR) is 85.1 cm³/mol. The van der Waals surface area contributed by atoms with E-state index in [1.165, 1.54) is 5.56 Å². The fourth-order valence-electron chi connectivity index (χ4n) is 2.16. The highest BCUT2D eigenvalue weighted by atomic mass is 79.9. The average Bonchev–Trinajstić information content (AvgIpc) is 2.73. The second-order valence-electron chi connectivity index (χ2n) is 4.58. The van der Waals surface area contributed by atoms with E-state index in [0.717, 1.165) is 33.2 Å². The van der Waals surface area contributed by atoms with Crippen LogP contribution in [0, 0.1) is 6.92 Å². The predicted octanol–water partition coefficient (Wildman–Crippen LogP) is 4.17. The van der Waals surface area contributed by atoms with Gasteiger partial charge in [-0.3, -0.25) is 4.68 Å². The van der Waals surface area contributed by atoms with Gasteiger partial charge in [-0.25, -0.2) is 0 Å². The summed E-state index contributed by atoms with van der Waals surface area (Å²) < 4.78 is 3.99. The number of hydrogen-bond donors (Lipinski definition) is 1. The Kier molecular flexibility index (Phi) is 4.81. The van der Waals surface area contributed by atoms with Crippen molar-refractivity contribution in [1.29, 1.82) is 0 Å². The minimum atomic E-state index is -0.180. The lowest BCUT2D eigenvalue weighted by Crippen LogP contribution is -2.19. The number of hydrogen-bond acceptors (Lipinski definition) is 2. The molecule has 1 heterocycles. The van der Waals surface area contributed by atoms with Crippen LogP contribution in [-0.4, -0.2) is 9.78 Å². The Morgan fingerprint density at radius 1 is 1.37 bits per heavy atom. The van der Waals surface area contributed by atoms with Gasteiger partial charge in [-0.05, 0) is 52.5 Å². The maximum Gasteiger partial charge on any atom is 0.0739 e. The van der Waals surface area contributed by atoms with Gasteiger partial charge in [-0.15, -0.1) is 0 Å². The molecule has 0 fully saturated rings. The van der Waals surface area contributed by atoms with Crippen molar-refractivity contribution in [3.63, 3.8) is 0 Å². The van der Waals surface area contributed by atoms with Crippen molar-refractivity contribution in [3.05, 3.63) is 50.2 Å². The molecule has 0 spiro atoms. The summed E-state index contributed by atoms with van der Waals surface area (Å²) in [4.78, 5) is 0. The molecule has 0 saturated heterocycles. The Bertz CT molecular complexity index is 578. The summed E-state index contributed by atoms with van der Waals surface area (Å²) in [5, 5.41) is 4.38. The van der Waals surface area contributed by atoms with Crippen LogP contribution in [0.5, 0.6) is 0 Å². The van der Waals surface area contributed by atoms with E-state index in [-0.39, 0.29) is 6.04 Å². The number of aromatic nitrogens is 2. The highest BCUT2D eigenvalue weighted by Crippen LogP contribution is 2.30. The molecule has 1 atom stereocenters. The summed E-state index contributed by atoms with van der Waals surface area (Å²) in [6.07, 6.45) is 2.85. The summed E-state index contributed by atoms with van der Waals surface area (Å²) in [5.41, 5.74) is 9.79. The first-order valence-corrected chi connectivity index (χ1v) is 7.86. The number of nitrogens with zero attached hydrogens (tertiary/aromatic N) is 2. The van der Waals surface area contributed by atoms with E-state index in [1.807, 2.05) is 16.9 Å². The van der Waals surface area contributed by atoms with Crippen LogP contribution >= 0.6 is 31.9 Å². The molecule has 0 aliphatic carbocycles. The van der Waals surface area contributed by atoms with Crippen LogP contribution in [0.25, 0.3) is 0 Å². The van der Waals surface area contributed by atoms with E-state index in [4.69, 9.17) is 5.73 Å². The van der Waals surface area contributed by atoms with Gasteiger partial charge in [-0.1, -0.05) is 28.9 Å². The molecule has 0 aliphatic heterocycles. The molecule has 0 bridgehead atoms. The fourth-order valence-corrected chi connectivity index (χ4v) is 3.09. The van der Waals surface area contributed by atoms with Gasteiger partial charge in [0.15, 0.2) is 0 Å². The quantitative estimate of drug-likeness (QED) is 0.856. The molecule has 0 amide bonds. The molecule has 1 aromatic carbocycles. The van der Waals surface area contributed by atoms with E-state index < -0.39 is 0 Å². The molecule has 3 nitrogen and oxygen atoms in total. The minimum Gasteiger partial charge on any atom is -0.319 e. The molecule has 2 aromatic rings. The van der Waals surface area contributed by atoms with E-state index in [1.54, 1.807) is 0 Å². The van der Waals surface area contributed by atoms with Crippen molar-refractivity contribution in [2.24, 2.45) is 5.73 Å². The molecule has 0 radical (unpaired) electrons. The summed E-state index contributed by atoms with van der Waals surface area (Å²) in [6, 6.07) is 6.01. The van der Waals surface area contributed by atoms with Crippen LogP contribution in [0.3, 0.4) is 0 Å². The molecular weight excluding hydrogens is 370 g/mol. The zero-order chi connectivity index (χ0) is 14.0. The van der Waals surface area contributed by atoms with Gasteiger partial charge in [-0.2, -0.15) is 5.10 Å². The Labute approximate surface area is 130 Å². The molecule has 2 N–H and O–H groups in total. The maximum atomic E-state index is 6.45. The smallest absolute Gasteiger partial charge is 0.0739 e. The Morgan fingerprint density at radius 2 is 2.11 bits per heavy atom. The average molecular weight is 387 g/mol. The highest BCUT2D eigenvalue weighted by Gasteiger charge is 2.19. The summed E-state index contributed by atoms with van der Waals surface area (Å²) in [7, 11) is 0. The first kappa shape index (κ1) is 14.8. The van der Waals surface area contributed by atoms with Crippen LogP contribution in [-0.2, 0) is 6.54 Å². The SMILES string of the molecule is CCCn1ncc(Br)c1C(N)c1cc(Br)ccc1C. The van der Waals surface area contributed by atoms with E-state index in [2.05, 4.69) is 62.9 Å². The second kappa shape index (κ2) is 6.20. The number of halogens is 2. The lowest BCUT2D eigenvalue weighted by Gasteiger charge is -2.17. The van der Waals surface area contributed by atoms with Crippen LogP contribution in [0.2, 0.25) is 0 Å². The van der Waals surface area contributed by atoms with Crippen LogP contribution < -0.4 is 5.73 Å². The van der Waals surface area contributed by atoms with E-state index in [9.17, 15) is 0 Å². The molecule has 102 valence electrons. The second-order valence-corrected chi connectivity index (χ2v) is 6.35. The molecule has 0 saturated carbocycles.